The first kappa shape index (κ1) is 29.3. The predicted octanol–water partition coefficient (Wildman–Crippen LogP) is 5.44. The van der Waals surface area contributed by atoms with Crippen molar-refractivity contribution in [2.24, 2.45) is 4.99 Å². The summed E-state index contributed by atoms with van der Waals surface area (Å²) in [5.41, 5.74) is 4.08. The lowest BCUT2D eigenvalue weighted by atomic mass is 9.94. The highest BCUT2D eigenvalue weighted by Gasteiger charge is 2.38. The normalized spacial score (nSPS) is 17.1. The second-order valence-corrected chi connectivity index (χ2v) is 12.7. The summed E-state index contributed by atoms with van der Waals surface area (Å²) in [6.45, 7) is 7.05. The highest BCUT2D eigenvalue weighted by Crippen LogP contribution is 2.38. The largest absolute Gasteiger partial charge is 0.339 e. The molecule has 0 radical (unpaired) electrons. The summed E-state index contributed by atoms with van der Waals surface area (Å²) >= 11 is 11.0. The summed E-state index contributed by atoms with van der Waals surface area (Å²) in [5.74, 6) is -0.426. The number of thiazole rings is 1. The second kappa shape index (κ2) is 11.7. The summed E-state index contributed by atoms with van der Waals surface area (Å²) in [7, 11) is 0. The molecule has 2 amide bonds. The summed E-state index contributed by atoms with van der Waals surface area (Å²) in [6, 6.07) is 21.9. The molecule has 1 atom stereocenters. The van der Waals surface area contributed by atoms with Gasteiger partial charge in [-0.2, -0.15) is 0 Å². The fourth-order valence-corrected chi connectivity index (χ4v) is 7.36. The minimum absolute atomic E-state index is 0.176. The van der Waals surface area contributed by atoms with Crippen molar-refractivity contribution in [1.82, 2.24) is 9.47 Å². The quantitative estimate of drug-likeness (QED) is 0.274. The summed E-state index contributed by atoms with van der Waals surface area (Å²) in [4.78, 5) is 51.1. The van der Waals surface area contributed by atoms with Gasteiger partial charge in [-0.15, -0.1) is 0 Å². The van der Waals surface area contributed by atoms with Crippen LogP contribution in [0.2, 0.25) is 5.02 Å². The molecule has 0 saturated carbocycles. The smallest absolute Gasteiger partial charge is 0.271 e. The van der Waals surface area contributed by atoms with Crippen LogP contribution in [-0.4, -0.2) is 34.4 Å². The van der Waals surface area contributed by atoms with E-state index in [2.05, 4.69) is 15.9 Å². The molecule has 7 nitrogen and oxygen atoms in total. The monoisotopic (exact) mass is 674 g/mol. The van der Waals surface area contributed by atoms with Crippen molar-refractivity contribution in [3.8, 4) is 0 Å². The topological polar surface area (TPSA) is 75.0 Å². The van der Waals surface area contributed by atoms with Crippen molar-refractivity contribution in [2.45, 2.75) is 33.4 Å². The van der Waals surface area contributed by atoms with E-state index in [1.807, 2.05) is 74.5 Å². The zero-order valence-corrected chi connectivity index (χ0v) is 27.0. The van der Waals surface area contributed by atoms with Crippen molar-refractivity contribution >= 4 is 61.9 Å². The Bertz CT molecular complexity index is 1980. The molecule has 0 aliphatic carbocycles. The Kier molecular flexibility index (Phi) is 7.98. The third kappa shape index (κ3) is 5.09. The van der Waals surface area contributed by atoms with E-state index in [-0.39, 0.29) is 17.4 Å². The number of benzene rings is 3. The molecule has 0 bridgehead atoms. The molecule has 2 aliphatic heterocycles. The van der Waals surface area contributed by atoms with Gasteiger partial charge in [0, 0.05) is 28.1 Å². The van der Waals surface area contributed by atoms with Gasteiger partial charge in [-0.25, -0.2) is 4.99 Å². The maximum atomic E-state index is 14.5. The lowest BCUT2D eigenvalue weighted by Gasteiger charge is -2.29. The van der Waals surface area contributed by atoms with Crippen LogP contribution in [0.1, 0.15) is 43.5 Å². The number of fused-ring (bicyclic) bond motifs is 2. The van der Waals surface area contributed by atoms with E-state index < -0.39 is 6.04 Å². The first-order valence-electron chi connectivity index (χ1n) is 14.0. The fraction of sp³-hybridized carbons (Fsp3) is 0.212. The lowest BCUT2D eigenvalue weighted by molar-refractivity contribution is -0.127. The summed E-state index contributed by atoms with van der Waals surface area (Å²) in [6.07, 6.45) is 0. The van der Waals surface area contributed by atoms with Crippen LogP contribution in [-0.2, 0) is 16.1 Å². The van der Waals surface area contributed by atoms with E-state index in [1.165, 1.54) is 11.3 Å². The maximum absolute atomic E-state index is 14.5. The van der Waals surface area contributed by atoms with E-state index in [0.717, 1.165) is 21.3 Å². The van der Waals surface area contributed by atoms with Gasteiger partial charge in [-0.05, 0) is 62.2 Å². The number of aromatic nitrogens is 1. The van der Waals surface area contributed by atoms with Crippen LogP contribution in [0.3, 0.4) is 0 Å². The third-order valence-corrected chi connectivity index (χ3v) is 9.65. The predicted molar refractivity (Wildman–Crippen MR) is 174 cm³/mol. The Labute approximate surface area is 266 Å². The number of allylic oxidation sites excluding steroid dienone is 1. The fourth-order valence-electron chi connectivity index (χ4n) is 5.73. The molecule has 3 aromatic carbocycles. The molecular formula is C33H28BrClN4O3S. The van der Waals surface area contributed by atoms with Gasteiger partial charge in [-0.1, -0.05) is 81.3 Å². The Morgan fingerprint density at radius 2 is 1.72 bits per heavy atom. The Morgan fingerprint density at radius 1 is 1.02 bits per heavy atom. The molecule has 4 aromatic rings. The summed E-state index contributed by atoms with van der Waals surface area (Å²) < 4.78 is 2.65. The van der Waals surface area contributed by atoms with Gasteiger partial charge in [0.2, 0.25) is 0 Å². The van der Waals surface area contributed by atoms with Gasteiger partial charge < -0.3 is 9.80 Å². The molecule has 1 aromatic heterocycles. The number of halogens is 2. The minimum atomic E-state index is -0.727. The third-order valence-electron chi connectivity index (χ3n) is 7.85. The molecule has 0 saturated heterocycles. The molecule has 218 valence electrons. The standard InChI is InChI=1S/C33H28BrClN4O3S/c1-4-37(5-2)30(40)26-19(3)36-33-39(28(26)21-11-14-23(35)15-12-21)32(42)29(43-33)27-24-17-22(34)13-16-25(24)38(31(27)41)18-20-9-7-6-8-10-20/h6-17,28H,4-5,18H2,1-3H3/b29-27+/t28-/m1/s1. The van der Waals surface area contributed by atoms with Crippen molar-refractivity contribution in [1.29, 1.82) is 0 Å². The van der Waals surface area contributed by atoms with E-state index in [0.29, 0.717) is 56.4 Å². The number of likely N-dealkylation sites (N-methyl/N-ethyl adjacent to an activating group) is 1. The lowest BCUT2D eigenvalue weighted by Crippen LogP contribution is -2.43. The highest BCUT2D eigenvalue weighted by atomic mass is 79.9. The van der Waals surface area contributed by atoms with Crippen molar-refractivity contribution in [3.63, 3.8) is 0 Å². The number of rotatable bonds is 6. The van der Waals surface area contributed by atoms with Crippen LogP contribution in [0.4, 0.5) is 5.69 Å². The number of anilines is 1. The Morgan fingerprint density at radius 3 is 2.40 bits per heavy atom. The van der Waals surface area contributed by atoms with Crippen LogP contribution in [0.5, 0.6) is 0 Å². The zero-order valence-electron chi connectivity index (χ0n) is 23.8. The molecule has 0 N–H and O–H groups in total. The molecule has 0 unspecified atom stereocenters. The first-order chi connectivity index (χ1) is 20.7. The second-order valence-electron chi connectivity index (χ2n) is 10.3. The van der Waals surface area contributed by atoms with E-state index in [4.69, 9.17) is 16.6 Å². The van der Waals surface area contributed by atoms with Crippen LogP contribution in [0.15, 0.2) is 98.3 Å². The average Bonchev–Trinajstić information content (AvgIpc) is 3.45. The molecule has 3 heterocycles. The molecule has 10 heteroatoms. The van der Waals surface area contributed by atoms with Crippen LogP contribution < -0.4 is 19.8 Å². The highest BCUT2D eigenvalue weighted by molar-refractivity contribution is 9.10. The SMILES string of the molecule is CCN(CC)C(=O)C1=C(C)N=c2s/c(=C3/C(=O)N(Cc4ccccc4)c4ccc(Br)cc43)c(=O)n2[C@@H]1c1ccc(Cl)cc1. The van der Waals surface area contributed by atoms with Crippen molar-refractivity contribution < 1.29 is 9.59 Å². The number of carbonyl (C=O) groups excluding carboxylic acids is 2. The minimum Gasteiger partial charge on any atom is -0.339 e. The number of amides is 2. The van der Waals surface area contributed by atoms with Crippen molar-refractivity contribution in [3.05, 3.63) is 130 Å². The molecule has 2 aliphatic rings. The summed E-state index contributed by atoms with van der Waals surface area (Å²) in [5, 5.41) is 0.549. The first-order valence-corrected chi connectivity index (χ1v) is 16.0. The number of nitrogens with zero attached hydrogens (tertiary/aromatic N) is 4. The number of hydrogen-bond acceptors (Lipinski definition) is 5. The number of carbonyl (C=O) groups is 2. The van der Waals surface area contributed by atoms with Gasteiger partial charge in [0.25, 0.3) is 17.4 Å². The average molecular weight is 676 g/mol. The molecule has 43 heavy (non-hydrogen) atoms. The van der Waals surface area contributed by atoms with Crippen molar-refractivity contribution in [2.75, 3.05) is 18.0 Å². The van der Waals surface area contributed by atoms with E-state index >= 15 is 0 Å². The maximum Gasteiger partial charge on any atom is 0.271 e. The van der Waals surface area contributed by atoms with Gasteiger partial charge >= 0.3 is 0 Å². The van der Waals surface area contributed by atoms with Crippen LogP contribution >= 0.6 is 38.9 Å². The Hall–Kier alpha value is -3.79. The van der Waals surface area contributed by atoms with E-state index in [9.17, 15) is 14.4 Å². The molecular weight excluding hydrogens is 648 g/mol. The molecule has 6 rings (SSSR count). The molecule has 0 fully saturated rings. The number of hydrogen-bond donors (Lipinski definition) is 0. The zero-order chi connectivity index (χ0) is 30.4. The molecule has 0 spiro atoms. The van der Waals surface area contributed by atoms with Gasteiger partial charge in [-0.3, -0.25) is 19.0 Å². The van der Waals surface area contributed by atoms with Crippen LogP contribution in [0, 0.1) is 0 Å². The Balaban J connectivity index is 1.60. The van der Waals surface area contributed by atoms with E-state index in [1.54, 1.807) is 33.4 Å². The van der Waals surface area contributed by atoms with Gasteiger partial charge in [0.05, 0.1) is 35.1 Å². The van der Waals surface area contributed by atoms with Crippen LogP contribution in [0.25, 0.3) is 5.57 Å². The van der Waals surface area contributed by atoms with Gasteiger partial charge in [0.15, 0.2) is 4.80 Å². The van der Waals surface area contributed by atoms with Gasteiger partial charge in [0.1, 0.15) is 4.53 Å².